The molecule has 0 fully saturated rings. The molecule has 0 aliphatic heterocycles. The zero-order valence-electron chi connectivity index (χ0n) is 9.52. The third kappa shape index (κ3) is 6.43. The van der Waals surface area contributed by atoms with Gasteiger partial charge in [0.05, 0.1) is 0 Å². The van der Waals surface area contributed by atoms with E-state index in [1.165, 1.54) is 4.90 Å². The zero-order chi connectivity index (χ0) is 12.2. The fourth-order valence-corrected chi connectivity index (χ4v) is 1.77. The lowest BCUT2D eigenvalue weighted by atomic mass is 10.0. The second kappa shape index (κ2) is 5.43. The van der Waals surface area contributed by atoms with Gasteiger partial charge in [-0.05, 0) is 12.3 Å². The van der Waals surface area contributed by atoms with Gasteiger partial charge in [0, 0.05) is 14.1 Å². The van der Waals surface area contributed by atoms with E-state index in [1.807, 2.05) is 13.8 Å². The molecule has 0 aliphatic rings. The first-order chi connectivity index (χ1) is 6.63. The van der Waals surface area contributed by atoms with Crippen LogP contribution in [0.25, 0.3) is 0 Å². The lowest BCUT2D eigenvalue weighted by Crippen LogP contribution is -2.48. The number of nitrogens with two attached hydrogens (primary N) is 1. The van der Waals surface area contributed by atoms with E-state index >= 15 is 0 Å². The van der Waals surface area contributed by atoms with Crippen molar-refractivity contribution in [2.24, 2.45) is 11.1 Å². The fourth-order valence-electron chi connectivity index (χ4n) is 1.18. The number of likely N-dealkylation sites (N-methyl/N-ethyl adjacent to an activating group) is 1. The van der Waals surface area contributed by atoms with Crippen LogP contribution in [0.1, 0.15) is 20.3 Å². The molecular formula is C8H19N3O3S. The summed E-state index contributed by atoms with van der Waals surface area (Å²) >= 11 is 0. The maximum Gasteiger partial charge on any atom is 0.275 e. The molecule has 1 atom stereocenters. The van der Waals surface area contributed by atoms with Crippen molar-refractivity contribution in [2.45, 2.75) is 26.3 Å². The highest BCUT2D eigenvalue weighted by Gasteiger charge is 2.24. The molecule has 1 amide bonds. The number of hydrogen-bond donors (Lipinski definition) is 2. The minimum atomic E-state index is -3.84. The number of amides is 1. The van der Waals surface area contributed by atoms with Crippen LogP contribution in [-0.2, 0) is 15.0 Å². The van der Waals surface area contributed by atoms with Crippen LogP contribution in [0.5, 0.6) is 0 Å². The summed E-state index contributed by atoms with van der Waals surface area (Å²) in [6, 6.07) is -0.782. The first kappa shape index (κ1) is 14.3. The summed E-state index contributed by atoms with van der Waals surface area (Å²) in [7, 11) is -0.705. The minimum Gasteiger partial charge on any atom is -0.347 e. The smallest absolute Gasteiger partial charge is 0.275 e. The van der Waals surface area contributed by atoms with Gasteiger partial charge in [0.25, 0.3) is 10.2 Å². The standard InChI is InChI=1S/C8H19N3O3S/c1-6(2)5-7(8(12)11(3)4)10-15(9,13)14/h6-7,10H,5H2,1-4H3,(H2,9,13,14). The first-order valence-corrected chi connectivity index (χ1v) is 6.19. The minimum absolute atomic E-state index is 0.202. The Morgan fingerprint density at radius 1 is 1.40 bits per heavy atom. The molecule has 0 aromatic heterocycles. The Hall–Kier alpha value is -0.660. The van der Waals surface area contributed by atoms with E-state index in [-0.39, 0.29) is 11.8 Å². The second-order valence-electron chi connectivity index (χ2n) is 4.08. The third-order valence-electron chi connectivity index (χ3n) is 1.75. The summed E-state index contributed by atoms with van der Waals surface area (Å²) in [5.74, 6) is -0.0918. The first-order valence-electron chi connectivity index (χ1n) is 4.64. The summed E-state index contributed by atoms with van der Waals surface area (Å²) < 4.78 is 23.8. The fraction of sp³-hybridized carbons (Fsp3) is 0.875. The summed E-state index contributed by atoms with van der Waals surface area (Å²) in [6.07, 6.45) is 0.424. The molecule has 0 aromatic carbocycles. The van der Waals surface area contributed by atoms with E-state index in [4.69, 9.17) is 5.14 Å². The van der Waals surface area contributed by atoms with Crippen molar-refractivity contribution in [2.75, 3.05) is 14.1 Å². The van der Waals surface area contributed by atoms with E-state index in [0.717, 1.165) is 0 Å². The van der Waals surface area contributed by atoms with Crippen LogP contribution in [0.15, 0.2) is 0 Å². The summed E-state index contributed by atoms with van der Waals surface area (Å²) in [5.41, 5.74) is 0. The van der Waals surface area contributed by atoms with Gasteiger partial charge in [0.1, 0.15) is 6.04 Å². The number of nitrogens with zero attached hydrogens (tertiary/aromatic N) is 1. The molecule has 0 aliphatic carbocycles. The highest BCUT2D eigenvalue weighted by atomic mass is 32.2. The van der Waals surface area contributed by atoms with Crippen LogP contribution in [0.2, 0.25) is 0 Å². The van der Waals surface area contributed by atoms with Crippen LogP contribution in [0, 0.1) is 5.92 Å². The van der Waals surface area contributed by atoms with Gasteiger partial charge < -0.3 is 4.90 Å². The second-order valence-corrected chi connectivity index (χ2v) is 5.40. The van der Waals surface area contributed by atoms with Gasteiger partial charge in [-0.3, -0.25) is 4.79 Å². The number of carbonyl (C=O) groups is 1. The monoisotopic (exact) mass is 237 g/mol. The molecule has 0 bridgehead atoms. The van der Waals surface area contributed by atoms with E-state index in [2.05, 4.69) is 4.72 Å². The van der Waals surface area contributed by atoms with Gasteiger partial charge in [-0.2, -0.15) is 13.1 Å². The van der Waals surface area contributed by atoms with Crippen LogP contribution in [-0.4, -0.2) is 39.4 Å². The molecule has 0 rings (SSSR count). The van der Waals surface area contributed by atoms with Crippen molar-refractivity contribution in [1.82, 2.24) is 9.62 Å². The van der Waals surface area contributed by atoms with Gasteiger partial charge in [-0.1, -0.05) is 13.8 Å². The lowest BCUT2D eigenvalue weighted by molar-refractivity contribution is -0.130. The van der Waals surface area contributed by atoms with Crippen LogP contribution in [0.4, 0.5) is 0 Å². The van der Waals surface area contributed by atoms with E-state index in [1.54, 1.807) is 14.1 Å². The van der Waals surface area contributed by atoms with Crippen molar-refractivity contribution in [3.8, 4) is 0 Å². The van der Waals surface area contributed by atoms with E-state index < -0.39 is 16.3 Å². The number of carbonyl (C=O) groups excluding carboxylic acids is 1. The van der Waals surface area contributed by atoms with Crippen LogP contribution in [0.3, 0.4) is 0 Å². The van der Waals surface area contributed by atoms with Crippen molar-refractivity contribution in [3.63, 3.8) is 0 Å². The molecule has 0 saturated carbocycles. The molecule has 0 saturated heterocycles. The molecule has 15 heavy (non-hydrogen) atoms. The van der Waals surface area contributed by atoms with Crippen molar-refractivity contribution in [3.05, 3.63) is 0 Å². The van der Waals surface area contributed by atoms with Gasteiger partial charge >= 0.3 is 0 Å². The Morgan fingerprint density at radius 3 is 2.13 bits per heavy atom. The van der Waals surface area contributed by atoms with Crippen molar-refractivity contribution in [1.29, 1.82) is 0 Å². The number of rotatable bonds is 5. The molecule has 0 aromatic rings. The molecule has 7 heteroatoms. The molecule has 0 spiro atoms. The summed E-state index contributed by atoms with van der Waals surface area (Å²) in [4.78, 5) is 12.9. The maximum atomic E-state index is 11.6. The molecule has 90 valence electrons. The molecule has 3 N–H and O–H groups in total. The topological polar surface area (TPSA) is 92.5 Å². The Labute approximate surface area is 91.0 Å². The highest BCUT2D eigenvalue weighted by Crippen LogP contribution is 2.07. The SMILES string of the molecule is CC(C)CC(NS(N)(=O)=O)C(=O)N(C)C. The van der Waals surface area contributed by atoms with Crippen molar-refractivity contribution < 1.29 is 13.2 Å². The van der Waals surface area contributed by atoms with Crippen molar-refractivity contribution >= 4 is 16.1 Å². The molecule has 6 nitrogen and oxygen atoms in total. The predicted molar refractivity (Wildman–Crippen MR) is 58.2 cm³/mol. The van der Waals surface area contributed by atoms with Gasteiger partial charge in [0.2, 0.25) is 5.91 Å². The average molecular weight is 237 g/mol. The number of hydrogen-bond acceptors (Lipinski definition) is 3. The Balaban J connectivity index is 4.66. The number of nitrogens with one attached hydrogen (secondary N) is 1. The van der Waals surface area contributed by atoms with Gasteiger partial charge in [-0.15, -0.1) is 0 Å². The summed E-state index contributed by atoms with van der Waals surface area (Å²) in [6.45, 7) is 3.81. The Morgan fingerprint density at radius 2 is 1.87 bits per heavy atom. The Kier molecular flexibility index (Phi) is 5.19. The summed E-state index contributed by atoms with van der Waals surface area (Å²) in [5, 5.41) is 4.84. The third-order valence-corrected chi connectivity index (χ3v) is 2.37. The normalized spacial score (nSPS) is 14.0. The largest absolute Gasteiger partial charge is 0.347 e. The van der Waals surface area contributed by atoms with Gasteiger partial charge in [0.15, 0.2) is 0 Å². The van der Waals surface area contributed by atoms with Gasteiger partial charge in [-0.25, -0.2) is 5.14 Å². The molecule has 0 radical (unpaired) electrons. The average Bonchev–Trinajstić information content (AvgIpc) is 1.97. The van der Waals surface area contributed by atoms with E-state index in [0.29, 0.717) is 6.42 Å². The van der Waals surface area contributed by atoms with Crippen LogP contribution >= 0.6 is 0 Å². The predicted octanol–water partition coefficient (Wildman–Crippen LogP) is -0.718. The van der Waals surface area contributed by atoms with Crippen LogP contribution < -0.4 is 9.86 Å². The highest BCUT2D eigenvalue weighted by molar-refractivity contribution is 7.87. The quantitative estimate of drug-likeness (QED) is 0.661. The molecule has 1 unspecified atom stereocenters. The molecule has 0 heterocycles. The molecular weight excluding hydrogens is 218 g/mol. The van der Waals surface area contributed by atoms with E-state index in [9.17, 15) is 13.2 Å². The maximum absolute atomic E-state index is 11.6. The zero-order valence-corrected chi connectivity index (χ0v) is 10.3. The lowest BCUT2D eigenvalue weighted by Gasteiger charge is -2.21. The Bertz CT molecular complexity index is 311.